The lowest BCUT2D eigenvalue weighted by molar-refractivity contribution is 0.103. The average Bonchev–Trinajstić information content (AvgIpc) is 2.62. The molecule has 0 radical (unpaired) electrons. The first-order valence-electron chi connectivity index (χ1n) is 8.66. The SMILES string of the molecule is CCCCNc1ncccc1C(=O)c1cccc(OC(C)CC)c1. The van der Waals surface area contributed by atoms with Crippen molar-refractivity contribution in [3.05, 3.63) is 53.7 Å². The number of benzene rings is 1. The van der Waals surface area contributed by atoms with Gasteiger partial charge in [0.15, 0.2) is 5.78 Å². The largest absolute Gasteiger partial charge is 0.491 e. The number of pyridine rings is 1. The van der Waals surface area contributed by atoms with Gasteiger partial charge in [-0.1, -0.05) is 32.4 Å². The Morgan fingerprint density at radius 1 is 1.25 bits per heavy atom. The van der Waals surface area contributed by atoms with E-state index in [2.05, 4.69) is 24.1 Å². The Hall–Kier alpha value is -2.36. The molecule has 0 amide bonds. The monoisotopic (exact) mass is 326 g/mol. The molecule has 1 unspecified atom stereocenters. The minimum absolute atomic E-state index is 0.0447. The Labute approximate surface area is 144 Å². The quantitative estimate of drug-likeness (QED) is 0.536. The highest BCUT2D eigenvalue weighted by Gasteiger charge is 2.15. The van der Waals surface area contributed by atoms with Gasteiger partial charge in [0.1, 0.15) is 11.6 Å². The molecule has 0 aliphatic heterocycles. The van der Waals surface area contributed by atoms with Crippen LogP contribution in [0.3, 0.4) is 0 Å². The van der Waals surface area contributed by atoms with Crippen LogP contribution in [0.1, 0.15) is 56.0 Å². The van der Waals surface area contributed by atoms with Crippen molar-refractivity contribution in [2.75, 3.05) is 11.9 Å². The van der Waals surface area contributed by atoms with E-state index in [-0.39, 0.29) is 11.9 Å². The third kappa shape index (κ3) is 4.82. The summed E-state index contributed by atoms with van der Waals surface area (Å²) < 4.78 is 5.82. The number of hydrogen-bond acceptors (Lipinski definition) is 4. The molecule has 0 saturated carbocycles. The maximum Gasteiger partial charge on any atom is 0.196 e. The number of aromatic nitrogens is 1. The van der Waals surface area contributed by atoms with E-state index >= 15 is 0 Å². The van der Waals surface area contributed by atoms with E-state index in [1.807, 2.05) is 31.2 Å². The van der Waals surface area contributed by atoms with Crippen LogP contribution in [0.4, 0.5) is 5.82 Å². The standard InChI is InChI=1S/C20H26N2O2/c1-4-6-12-21-20-18(11-8-13-22-20)19(23)16-9-7-10-17(14-16)24-15(3)5-2/h7-11,13-15H,4-6,12H2,1-3H3,(H,21,22). The summed E-state index contributed by atoms with van der Waals surface area (Å²) in [4.78, 5) is 17.2. The van der Waals surface area contributed by atoms with Crippen molar-refractivity contribution in [1.82, 2.24) is 4.98 Å². The van der Waals surface area contributed by atoms with Gasteiger partial charge in [-0.3, -0.25) is 4.79 Å². The number of anilines is 1. The highest BCUT2D eigenvalue weighted by atomic mass is 16.5. The molecule has 0 aliphatic rings. The average molecular weight is 326 g/mol. The number of nitrogens with one attached hydrogen (secondary N) is 1. The van der Waals surface area contributed by atoms with Gasteiger partial charge in [0.25, 0.3) is 0 Å². The van der Waals surface area contributed by atoms with Gasteiger partial charge in [0, 0.05) is 18.3 Å². The summed E-state index contributed by atoms with van der Waals surface area (Å²) in [5, 5.41) is 3.26. The van der Waals surface area contributed by atoms with Crippen LogP contribution in [0.2, 0.25) is 0 Å². The lowest BCUT2D eigenvalue weighted by atomic mass is 10.0. The van der Waals surface area contributed by atoms with E-state index in [0.29, 0.717) is 16.9 Å². The molecule has 2 aromatic rings. The van der Waals surface area contributed by atoms with Gasteiger partial charge in [-0.2, -0.15) is 0 Å². The molecule has 0 spiro atoms. The Kier molecular flexibility index (Phi) is 6.79. The summed E-state index contributed by atoms with van der Waals surface area (Å²) in [6, 6.07) is 11.0. The number of ketones is 1. The van der Waals surface area contributed by atoms with Crippen LogP contribution < -0.4 is 10.1 Å². The molecular formula is C20H26N2O2. The van der Waals surface area contributed by atoms with Crippen molar-refractivity contribution in [3.63, 3.8) is 0 Å². The molecule has 2 rings (SSSR count). The van der Waals surface area contributed by atoms with Gasteiger partial charge in [-0.15, -0.1) is 0 Å². The lowest BCUT2D eigenvalue weighted by Crippen LogP contribution is -2.12. The van der Waals surface area contributed by atoms with Gasteiger partial charge in [0.2, 0.25) is 0 Å². The first-order chi connectivity index (χ1) is 11.7. The zero-order valence-electron chi connectivity index (χ0n) is 14.7. The molecule has 1 aromatic heterocycles. The number of hydrogen-bond donors (Lipinski definition) is 1. The molecule has 1 atom stereocenters. The van der Waals surface area contributed by atoms with Gasteiger partial charge >= 0.3 is 0 Å². The molecule has 0 saturated heterocycles. The van der Waals surface area contributed by atoms with Gasteiger partial charge in [-0.05, 0) is 44.0 Å². The van der Waals surface area contributed by atoms with Crippen molar-refractivity contribution < 1.29 is 9.53 Å². The molecule has 1 aromatic carbocycles. The van der Waals surface area contributed by atoms with Gasteiger partial charge < -0.3 is 10.1 Å². The Morgan fingerprint density at radius 2 is 2.08 bits per heavy atom. The summed E-state index contributed by atoms with van der Waals surface area (Å²) >= 11 is 0. The first kappa shape index (κ1) is 18.0. The van der Waals surface area contributed by atoms with Crippen LogP contribution >= 0.6 is 0 Å². The van der Waals surface area contributed by atoms with Gasteiger partial charge in [-0.25, -0.2) is 4.98 Å². The highest BCUT2D eigenvalue weighted by Crippen LogP contribution is 2.21. The molecule has 1 N–H and O–H groups in total. The molecule has 0 fully saturated rings. The molecule has 4 heteroatoms. The molecule has 128 valence electrons. The smallest absolute Gasteiger partial charge is 0.196 e. The Morgan fingerprint density at radius 3 is 2.83 bits per heavy atom. The van der Waals surface area contributed by atoms with E-state index in [4.69, 9.17) is 4.74 Å². The zero-order valence-corrected chi connectivity index (χ0v) is 14.7. The fourth-order valence-electron chi connectivity index (χ4n) is 2.29. The van der Waals surface area contributed by atoms with E-state index in [9.17, 15) is 4.79 Å². The van der Waals surface area contributed by atoms with E-state index in [1.54, 1.807) is 18.3 Å². The van der Waals surface area contributed by atoms with E-state index in [1.165, 1.54) is 0 Å². The second kappa shape index (κ2) is 9.06. The predicted molar refractivity (Wildman–Crippen MR) is 97.9 cm³/mol. The van der Waals surface area contributed by atoms with Crippen molar-refractivity contribution >= 4 is 11.6 Å². The Bertz CT molecular complexity index is 670. The van der Waals surface area contributed by atoms with Crippen LogP contribution in [0.25, 0.3) is 0 Å². The second-order valence-electron chi connectivity index (χ2n) is 5.87. The topological polar surface area (TPSA) is 51.2 Å². The van der Waals surface area contributed by atoms with Crippen LogP contribution in [-0.4, -0.2) is 23.4 Å². The second-order valence-corrected chi connectivity index (χ2v) is 5.87. The highest BCUT2D eigenvalue weighted by molar-refractivity contribution is 6.12. The van der Waals surface area contributed by atoms with E-state index in [0.717, 1.165) is 31.6 Å². The zero-order chi connectivity index (χ0) is 17.4. The number of ether oxygens (including phenoxy) is 1. The molecule has 0 aliphatic carbocycles. The molecular weight excluding hydrogens is 300 g/mol. The summed E-state index contributed by atoms with van der Waals surface area (Å²) in [6.45, 7) is 7.04. The number of carbonyl (C=O) groups is 1. The molecule has 0 bridgehead atoms. The number of nitrogens with zero attached hydrogens (tertiary/aromatic N) is 1. The first-order valence-corrected chi connectivity index (χ1v) is 8.66. The number of carbonyl (C=O) groups excluding carboxylic acids is 1. The maximum atomic E-state index is 12.9. The van der Waals surface area contributed by atoms with E-state index < -0.39 is 0 Å². The summed E-state index contributed by atoms with van der Waals surface area (Å²) in [6.07, 6.45) is 4.89. The van der Waals surface area contributed by atoms with Crippen LogP contribution in [0, 0.1) is 0 Å². The number of rotatable bonds is 9. The molecule has 24 heavy (non-hydrogen) atoms. The maximum absolute atomic E-state index is 12.9. The number of unbranched alkanes of at least 4 members (excludes halogenated alkanes) is 1. The van der Waals surface area contributed by atoms with Gasteiger partial charge in [0.05, 0.1) is 11.7 Å². The Balaban J connectivity index is 2.21. The minimum atomic E-state index is -0.0447. The summed E-state index contributed by atoms with van der Waals surface area (Å²) in [5.41, 5.74) is 1.21. The van der Waals surface area contributed by atoms with Crippen LogP contribution in [0.5, 0.6) is 5.75 Å². The lowest BCUT2D eigenvalue weighted by Gasteiger charge is -2.14. The normalized spacial score (nSPS) is 11.8. The van der Waals surface area contributed by atoms with Crippen molar-refractivity contribution in [3.8, 4) is 5.75 Å². The van der Waals surface area contributed by atoms with Crippen molar-refractivity contribution in [2.45, 2.75) is 46.1 Å². The van der Waals surface area contributed by atoms with Crippen molar-refractivity contribution in [2.24, 2.45) is 0 Å². The summed E-state index contributed by atoms with van der Waals surface area (Å²) in [7, 11) is 0. The molecule has 1 heterocycles. The van der Waals surface area contributed by atoms with Crippen molar-refractivity contribution in [1.29, 1.82) is 0 Å². The summed E-state index contributed by atoms with van der Waals surface area (Å²) in [5.74, 6) is 1.32. The minimum Gasteiger partial charge on any atom is -0.491 e. The van der Waals surface area contributed by atoms with Crippen LogP contribution in [0.15, 0.2) is 42.6 Å². The fourth-order valence-corrected chi connectivity index (χ4v) is 2.29. The third-order valence-electron chi connectivity index (χ3n) is 3.88. The molecule has 4 nitrogen and oxygen atoms in total. The predicted octanol–water partition coefficient (Wildman–Crippen LogP) is 4.70. The third-order valence-corrected chi connectivity index (χ3v) is 3.88. The fraction of sp³-hybridized carbons (Fsp3) is 0.400. The van der Waals surface area contributed by atoms with Crippen LogP contribution in [-0.2, 0) is 0 Å².